The Bertz CT molecular complexity index is 1240. The first kappa shape index (κ1) is 22.7. The van der Waals surface area contributed by atoms with E-state index < -0.39 is 52.3 Å². The number of aromatic hydroxyl groups is 1. The normalized spacial score (nSPS) is 21.5. The molecule has 1 aromatic heterocycles. The maximum atomic E-state index is 14.3. The Morgan fingerprint density at radius 3 is 2.70 bits per heavy atom. The van der Waals surface area contributed by atoms with Crippen molar-refractivity contribution in [1.82, 2.24) is 14.8 Å². The van der Waals surface area contributed by atoms with Crippen LogP contribution in [0.25, 0.3) is 0 Å². The van der Waals surface area contributed by atoms with Crippen LogP contribution in [-0.4, -0.2) is 52.2 Å². The van der Waals surface area contributed by atoms with Crippen LogP contribution in [0, 0.1) is 18.6 Å². The number of pyridine rings is 1. The number of halogens is 2. The second kappa shape index (κ2) is 8.43. The van der Waals surface area contributed by atoms with Gasteiger partial charge in [-0.3, -0.25) is 14.4 Å². The quantitative estimate of drug-likeness (QED) is 0.682. The summed E-state index contributed by atoms with van der Waals surface area (Å²) in [6.07, 6.45) is 4.35. The molecule has 2 bridgehead atoms. The molecule has 0 radical (unpaired) electrons. The molecule has 2 aliphatic rings. The van der Waals surface area contributed by atoms with Crippen molar-refractivity contribution < 1.29 is 28.2 Å². The number of aromatic nitrogens is 1. The fourth-order valence-corrected chi connectivity index (χ4v) is 4.24. The van der Waals surface area contributed by atoms with Gasteiger partial charge in [0.1, 0.15) is 17.2 Å². The lowest BCUT2D eigenvalue weighted by Gasteiger charge is -2.38. The van der Waals surface area contributed by atoms with Gasteiger partial charge >= 0.3 is 0 Å². The van der Waals surface area contributed by atoms with Crippen LogP contribution in [0.15, 0.2) is 35.3 Å². The number of hydrogen-bond acceptors (Lipinski definition) is 5. The Labute approximate surface area is 188 Å². The molecule has 2 N–H and O–H groups in total. The van der Waals surface area contributed by atoms with E-state index in [9.17, 15) is 28.3 Å². The van der Waals surface area contributed by atoms with Crippen molar-refractivity contribution in [1.29, 1.82) is 0 Å². The fraction of sp³-hybridized carbons (Fsp3) is 0.348. The summed E-state index contributed by atoms with van der Waals surface area (Å²) in [5, 5.41) is 13.0. The number of ether oxygens (including phenoxy) is 1. The first-order valence-corrected chi connectivity index (χ1v) is 10.4. The summed E-state index contributed by atoms with van der Waals surface area (Å²) < 4.78 is 34.7. The highest BCUT2D eigenvalue weighted by atomic mass is 19.1. The van der Waals surface area contributed by atoms with Crippen molar-refractivity contribution in [2.24, 2.45) is 0 Å². The maximum Gasteiger partial charge on any atom is 0.275 e. The summed E-state index contributed by atoms with van der Waals surface area (Å²) in [6, 6.07) is 1.52. The summed E-state index contributed by atoms with van der Waals surface area (Å²) in [4.78, 5) is 40.1. The summed E-state index contributed by atoms with van der Waals surface area (Å²) in [5.41, 5.74) is -1.79. The Kier molecular flexibility index (Phi) is 5.79. The lowest BCUT2D eigenvalue weighted by molar-refractivity contribution is 0.0435. The largest absolute Gasteiger partial charge is 0.503 e. The minimum Gasteiger partial charge on any atom is -0.503 e. The van der Waals surface area contributed by atoms with Gasteiger partial charge in [0.2, 0.25) is 5.43 Å². The van der Waals surface area contributed by atoms with Crippen molar-refractivity contribution in [3.05, 3.63) is 74.7 Å². The van der Waals surface area contributed by atoms with Gasteiger partial charge in [-0.25, -0.2) is 8.78 Å². The van der Waals surface area contributed by atoms with Gasteiger partial charge in [0, 0.05) is 43.6 Å². The van der Waals surface area contributed by atoms with Gasteiger partial charge < -0.3 is 24.6 Å². The Morgan fingerprint density at radius 2 is 2.00 bits per heavy atom. The van der Waals surface area contributed by atoms with Crippen LogP contribution in [0.5, 0.6) is 5.75 Å². The van der Waals surface area contributed by atoms with Crippen LogP contribution in [0.4, 0.5) is 8.78 Å². The van der Waals surface area contributed by atoms with E-state index in [1.165, 1.54) is 35.8 Å². The third kappa shape index (κ3) is 3.70. The standard InChI is InChI=1S/C23H23F2N3O5/c1-11-4-7-17(33-3)16-10-27(11)23(32)19-21(30)20(29)14(9-28(16)19)22(31)26-8-13-5-6-15(24)12(2)18(13)25/h4-7,9,11,16-17,30H,8,10H2,1-3H3,(H,26,31)/t11-,16+,17+/m0/s1. The van der Waals surface area contributed by atoms with Crippen LogP contribution in [0.2, 0.25) is 0 Å². The minimum atomic E-state index is -1.02. The molecule has 2 aromatic rings. The fourth-order valence-electron chi connectivity index (χ4n) is 4.24. The number of hydrogen-bond donors (Lipinski definition) is 2. The summed E-state index contributed by atoms with van der Waals surface area (Å²) >= 11 is 0. The van der Waals surface area contributed by atoms with Gasteiger partial charge in [-0.05, 0) is 19.9 Å². The average Bonchev–Trinajstić information content (AvgIpc) is 2.94. The summed E-state index contributed by atoms with van der Waals surface area (Å²) in [7, 11) is 1.50. The highest BCUT2D eigenvalue weighted by Crippen LogP contribution is 2.33. The van der Waals surface area contributed by atoms with Crippen molar-refractivity contribution in [3.63, 3.8) is 0 Å². The van der Waals surface area contributed by atoms with Gasteiger partial charge in [-0.2, -0.15) is 0 Å². The highest BCUT2D eigenvalue weighted by Gasteiger charge is 2.41. The van der Waals surface area contributed by atoms with Crippen molar-refractivity contribution in [2.45, 2.75) is 38.6 Å². The van der Waals surface area contributed by atoms with E-state index in [2.05, 4.69) is 5.32 Å². The molecule has 0 saturated heterocycles. The van der Waals surface area contributed by atoms with E-state index in [0.29, 0.717) is 0 Å². The van der Waals surface area contributed by atoms with Crippen LogP contribution in [0.3, 0.4) is 0 Å². The Morgan fingerprint density at radius 1 is 1.27 bits per heavy atom. The topological polar surface area (TPSA) is 101 Å². The third-order valence-corrected chi connectivity index (χ3v) is 6.22. The molecule has 174 valence electrons. The van der Waals surface area contributed by atoms with Crippen molar-refractivity contribution in [3.8, 4) is 5.75 Å². The Hall–Kier alpha value is -3.53. The average molecular weight is 459 g/mol. The van der Waals surface area contributed by atoms with Crippen molar-refractivity contribution in [2.75, 3.05) is 13.7 Å². The molecule has 2 aliphatic heterocycles. The van der Waals surface area contributed by atoms with Gasteiger partial charge in [0.15, 0.2) is 11.4 Å². The maximum absolute atomic E-state index is 14.3. The number of carbonyl (C=O) groups is 2. The minimum absolute atomic E-state index is 0.0395. The first-order valence-electron chi connectivity index (χ1n) is 10.4. The third-order valence-electron chi connectivity index (χ3n) is 6.22. The first-order chi connectivity index (χ1) is 15.6. The summed E-state index contributed by atoms with van der Waals surface area (Å²) in [5.74, 6) is -3.75. The molecular formula is C23H23F2N3O5. The smallest absolute Gasteiger partial charge is 0.275 e. The predicted octanol–water partition coefficient (Wildman–Crippen LogP) is 2.04. The molecule has 10 heteroatoms. The molecule has 0 saturated carbocycles. The number of carbonyl (C=O) groups excluding carboxylic acids is 2. The van der Waals surface area contributed by atoms with E-state index in [1.807, 2.05) is 6.92 Å². The lowest BCUT2D eigenvalue weighted by Crippen LogP contribution is -2.49. The number of fused-ring (bicyclic) bond motifs is 4. The molecule has 4 rings (SSSR count). The van der Waals surface area contributed by atoms with E-state index in [0.717, 1.165) is 6.07 Å². The molecule has 8 nitrogen and oxygen atoms in total. The lowest BCUT2D eigenvalue weighted by atomic mass is 10.0. The number of benzene rings is 1. The summed E-state index contributed by atoms with van der Waals surface area (Å²) in [6.45, 7) is 3.04. The zero-order chi connectivity index (χ0) is 24.0. The molecular weight excluding hydrogens is 436 g/mol. The molecule has 0 unspecified atom stereocenters. The number of amides is 2. The van der Waals surface area contributed by atoms with Crippen LogP contribution >= 0.6 is 0 Å². The van der Waals surface area contributed by atoms with Gasteiger partial charge in [0.05, 0.1) is 12.1 Å². The number of nitrogens with zero attached hydrogens (tertiary/aromatic N) is 2. The van der Waals surface area contributed by atoms with Gasteiger partial charge in [-0.1, -0.05) is 18.2 Å². The monoisotopic (exact) mass is 459 g/mol. The van der Waals surface area contributed by atoms with Crippen molar-refractivity contribution >= 4 is 11.8 Å². The van der Waals surface area contributed by atoms with E-state index in [4.69, 9.17) is 4.74 Å². The molecule has 1 aromatic carbocycles. The molecule has 2 amide bonds. The molecule has 33 heavy (non-hydrogen) atoms. The second-order valence-corrected chi connectivity index (χ2v) is 8.16. The number of rotatable bonds is 4. The highest BCUT2D eigenvalue weighted by molar-refractivity contribution is 5.99. The van der Waals surface area contributed by atoms with Crippen LogP contribution in [-0.2, 0) is 11.3 Å². The van der Waals surface area contributed by atoms with Crippen LogP contribution < -0.4 is 10.7 Å². The zero-order valence-corrected chi connectivity index (χ0v) is 18.3. The SMILES string of the molecule is CO[C@@H]1C=C[C@H](C)N2C[C@H]1n1cc(C(=O)NCc3ccc(F)c(C)c3F)c(=O)c(O)c1C2=O. The van der Waals surface area contributed by atoms with Gasteiger partial charge in [-0.15, -0.1) is 0 Å². The predicted molar refractivity (Wildman–Crippen MR) is 114 cm³/mol. The van der Waals surface area contributed by atoms with Gasteiger partial charge in [0.25, 0.3) is 11.8 Å². The van der Waals surface area contributed by atoms with E-state index in [1.54, 1.807) is 12.2 Å². The van der Waals surface area contributed by atoms with Crippen LogP contribution in [0.1, 0.15) is 44.9 Å². The number of methoxy groups -OCH3 is 1. The number of nitrogens with one attached hydrogen (secondary N) is 1. The molecule has 3 atom stereocenters. The molecule has 0 spiro atoms. The molecule has 0 fully saturated rings. The molecule has 3 heterocycles. The molecule has 0 aliphatic carbocycles. The Balaban J connectivity index is 1.71. The van der Waals surface area contributed by atoms with E-state index in [-0.39, 0.29) is 36.0 Å². The zero-order valence-electron chi connectivity index (χ0n) is 18.3. The second-order valence-electron chi connectivity index (χ2n) is 8.16. The van der Waals surface area contributed by atoms with E-state index >= 15 is 0 Å².